The third kappa shape index (κ3) is 15.8. The Kier molecular flexibility index (Phi) is 20.7. The van der Waals surface area contributed by atoms with E-state index in [1.54, 1.807) is 88.0 Å². The SMILES string of the molecule is CC(NC(=O)c1c(N)nn2cccnc12)c1nc2cccc(C#Cc3cnn(C)c3)c2cc1-c1ccccc1.C[C@@H](NC(=O)c1c(N)nn2cccnc12)c1nc2cccc(C#Cc3cnn(C)c3)c2cc1-c1ccccc1.C[C@H](NC(=O)c1c(N)nn2cccnc12)c1nc2cccc(C#Cc3cnn(C)c3)c2cc1-c1ccccc1. The Morgan fingerprint density at radius 2 is 0.641 bits per heavy atom. The quantitative estimate of drug-likeness (QED) is 0.0619. The highest BCUT2D eigenvalue weighted by Gasteiger charge is 2.28. The van der Waals surface area contributed by atoms with Crippen LogP contribution in [0.3, 0.4) is 0 Å². The molecule has 0 spiro atoms. The summed E-state index contributed by atoms with van der Waals surface area (Å²) in [5.74, 6) is 18.6. The maximum absolute atomic E-state index is 13.4. The number of benzene rings is 6. The third-order valence-corrected chi connectivity index (χ3v) is 19.3. The fourth-order valence-electron chi connectivity index (χ4n) is 13.7. The zero-order valence-corrected chi connectivity index (χ0v) is 64.0. The summed E-state index contributed by atoms with van der Waals surface area (Å²) in [5.41, 5.74) is 35.4. The highest BCUT2D eigenvalue weighted by atomic mass is 16.2. The molecule has 3 amide bonds. The molecular weight excluding hydrogens is 1470 g/mol. The number of nitrogens with zero attached hydrogens (tertiary/aromatic N) is 18. The molecule has 1 unspecified atom stereocenters. The minimum atomic E-state index is -0.444. The molecule has 0 saturated carbocycles. The van der Waals surface area contributed by atoms with Crippen molar-refractivity contribution >= 4 is 84.8 Å². The number of carbonyl (C=O) groups is 3. The van der Waals surface area contributed by atoms with Gasteiger partial charge in [0, 0.05) is 126 Å². The van der Waals surface area contributed by atoms with Crippen LogP contribution in [0.5, 0.6) is 0 Å². The van der Waals surface area contributed by atoms with Gasteiger partial charge in [0.15, 0.2) is 34.4 Å². The maximum atomic E-state index is 13.4. The predicted octanol–water partition coefficient (Wildman–Crippen LogP) is 12.5. The lowest BCUT2D eigenvalue weighted by Gasteiger charge is -2.19. The highest BCUT2D eigenvalue weighted by Crippen LogP contribution is 2.36. The largest absolute Gasteiger partial charge is 0.381 e. The number of nitrogen functional groups attached to an aromatic ring is 3. The number of hydrogen-bond donors (Lipinski definition) is 6. The number of anilines is 3. The fourth-order valence-corrected chi connectivity index (χ4v) is 13.7. The van der Waals surface area contributed by atoms with Crippen molar-refractivity contribution in [2.75, 3.05) is 17.2 Å². The molecule has 12 heterocycles. The lowest BCUT2D eigenvalue weighted by Crippen LogP contribution is -2.28. The van der Waals surface area contributed by atoms with Gasteiger partial charge in [-0.2, -0.15) is 15.3 Å². The Labute approximate surface area is 669 Å². The molecule has 6 aromatic carbocycles. The van der Waals surface area contributed by atoms with E-state index in [0.29, 0.717) is 16.9 Å². The van der Waals surface area contributed by atoms with Gasteiger partial charge in [-0.1, -0.05) is 145 Å². The highest BCUT2D eigenvalue weighted by molar-refractivity contribution is 6.06. The van der Waals surface area contributed by atoms with Crippen molar-refractivity contribution in [1.29, 1.82) is 0 Å². The van der Waals surface area contributed by atoms with E-state index in [-0.39, 0.29) is 51.9 Å². The van der Waals surface area contributed by atoms with Gasteiger partial charge >= 0.3 is 0 Å². The smallest absolute Gasteiger partial charge is 0.259 e. The van der Waals surface area contributed by atoms with Crippen LogP contribution in [0, 0.1) is 35.5 Å². The molecule has 9 N–H and O–H groups in total. The molecule has 0 fully saturated rings. The first-order valence-corrected chi connectivity index (χ1v) is 37.1. The number of nitrogens with one attached hydrogen (secondary N) is 3. The lowest BCUT2D eigenvalue weighted by atomic mass is 9.96. The number of amides is 3. The lowest BCUT2D eigenvalue weighted by molar-refractivity contribution is 0.0933. The number of rotatable bonds is 12. The first kappa shape index (κ1) is 74.6. The maximum Gasteiger partial charge on any atom is 0.259 e. The number of pyridine rings is 3. The van der Waals surface area contributed by atoms with Gasteiger partial charge in [-0.15, -0.1) is 15.3 Å². The average molecular weight is 1540 g/mol. The molecular formula is C90H72N24O3. The minimum Gasteiger partial charge on any atom is -0.381 e. The first-order chi connectivity index (χ1) is 56.9. The van der Waals surface area contributed by atoms with Crippen molar-refractivity contribution in [3.63, 3.8) is 0 Å². The van der Waals surface area contributed by atoms with Crippen LogP contribution in [0.25, 0.3) is 83.0 Å². The number of nitrogens with two attached hydrogens (primary N) is 3. The van der Waals surface area contributed by atoms with Crippen LogP contribution in [-0.2, 0) is 21.1 Å². The monoisotopic (exact) mass is 1540 g/mol. The van der Waals surface area contributed by atoms with Gasteiger partial charge in [0.1, 0.15) is 16.7 Å². The van der Waals surface area contributed by atoms with Crippen LogP contribution < -0.4 is 33.2 Å². The summed E-state index contributed by atoms with van der Waals surface area (Å²) in [7, 11) is 5.59. The van der Waals surface area contributed by atoms with Crippen molar-refractivity contribution < 1.29 is 14.4 Å². The summed E-state index contributed by atoms with van der Waals surface area (Å²) in [5, 5.41) is 37.1. The second-order valence-corrected chi connectivity index (χ2v) is 27.5. The summed E-state index contributed by atoms with van der Waals surface area (Å²) >= 11 is 0. The van der Waals surface area contributed by atoms with Gasteiger partial charge in [-0.25, -0.2) is 43.5 Å². The molecule has 27 heteroatoms. The van der Waals surface area contributed by atoms with Gasteiger partial charge in [0.05, 0.1) is 87.0 Å². The Morgan fingerprint density at radius 3 is 0.906 bits per heavy atom. The van der Waals surface area contributed by atoms with Gasteiger partial charge < -0.3 is 33.2 Å². The van der Waals surface area contributed by atoms with Crippen LogP contribution in [0.15, 0.2) is 256 Å². The predicted molar refractivity (Wildman–Crippen MR) is 449 cm³/mol. The van der Waals surface area contributed by atoms with E-state index in [0.717, 1.165) is 117 Å². The third-order valence-electron chi connectivity index (χ3n) is 19.3. The number of carbonyl (C=O) groups excluding carboxylic acids is 3. The Balaban J connectivity index is 0.000000131. The fraction of sp³-hybridized carbons (Fsp3) is 0.100. The van der Waals surface area contributed by atoms with E-state index >= 15 is 0 Å². The van der Waals surface area contributed by atoms with E-state index in [4.69, 9.17) is 32.2 Å². The standard InChI is InChI=1S/3C30H24N8O/c3*1-19(34-30(39)26-28(31)36-38-15-7-14-32-29(26)38)27-24(21-8-4-3-5-9-21)16-23-22(10-6-11-25(23)35-27)13-12-20-17-33-37(2)18-20/h3*3-11,14-19H,1-2H3,(H2,31,36)(H,34,39)/t2*19-;/m10./s1. The summed E-state index contributed by atoms with van der Waals surface area (Å²) < 4.78 is 9.65. The molecule has 27 nitrogen and oxygen atoms in total. The molecule has 0 radical (unpaired) electrons. The molecule has 570 valence electrons. The van der Waals surface area contributed by atoms with Crippen LogP contribution in [0.4, 0.5) is 17.5 Å². The zero-order valence-electron chi connectivity index (χ0n) is 64.0. The summed E-state index contributed by atoms with van der Waals surface area (Å²) in [6.07, 6.45) is 20.7. The normalized spacial score (nSPS) is 11.7. The van der Waals surface area contributed by atoms with Crippen LogP contribution >= 0.6 is 0 Å². The van der Waals surface area contributed by atoms with Gasteiger partial charge in [-0.3, -0.25) is 28.4 Å². The Bertz CT molecular complexity index is 6400. The molecule has 0 bridgehead atoms. The van der Waals surface area contributed by atoms with Crippen LogP contribution in [0.1, 0.15) is 120 Å². The zero-order chi connectivity index (χ0) is 80.8. The molecule has 18 rings (SSSR count). The average Bonchev–Trinajstić information content (AvgIpc) is 1.67. The number of hydrogen-bond acceptors (Lipinski definition) is 18. The molecule has 18 aromatic rings. The van der Waals surface area contributed by atoms with E-state index in [1.165, 1.54) is 13.5 Å². The van der Waals surface area contributed by atoms with Crippen molar-refractivity contribution in [3.8, 4) is 68.9 Å². The molecule has 12 aromatic heterocycles. The van der Waals surface area contributed by atoms with Gasteiger partial charge in [0.2, 0.25) is 0 Å². The van der Waals surface area contributed by atoms with Crippen LogP contribution in [0.2, 0.25) is 0 Å². The van der Waals surface area contributed by atoms with E-state index in [9.17, 15) is 14.4 Å². The Morgan fingerprint density at radius 1 is 0.359 bits per heavy atom. The molecule has 0 aliphatic heterocycles. The number of aryl methyl sites for hydroxylation is 3. The van der Waals surface area contributed by atoms with Crippen molar-refractivity contribution in [2.45, 2.75) is 38.9 Å². The topological polar surface area (TPSA) is 348 Å². The Hall–Kier alpha value is -16.5. The van der Waals surface area contributed by atoms with Crippen molar-refractivity contribution in [3.05, 3.63) is 324 Å². The summed E-state index contributed by atoms with van der Waals surface area (Å²) in [6, 6.07) is 57.6. The van der Waals surface area contributed by atoms with E-state index < -0.39 is 18.1 Å². The molecule has 0 saturated heterocycles. The van der Waals surface area contributed by atoms with Crippen molar-refractivity contribution in [1.82, 2.24) is 104 Å². The summed E-state index contributed by atoms with van der Waals surface area (Å²) in [4.78, 5) is 68.0. The molecule has 3 atom stereocenters. The second-order valence-electron chi connectivity index (χ2n) is 27.5. The van der Waals surface area contributed by atoms with E-state index in [2.05, 4.69) is 115 Å². The first-order valence-electron chi connectivity index (χ1n) is 37.1. The van der Waals surface area contributed by atoms with Crippen LogP contribution in [-0.4, -0.2) is 106 Å². The second kappa shape index (κ2) is 32.5. The minimum absolute atomic E-state index is 0.116. The molecule has 0 aliphatic rings. The van der Waals surface area contributed by atoms with Gasteiger partial charge in [-0.05, 0) is 110 Å². The van der Waals surface area contributed by atoms with E-state index in [1.807, 2.05) is 206 Å². The number of aromatic nitrogens is 18. The summed E-state index contributed by atoms with van der Waals surface area (Å²) in [6.45, 7) is 5.71. The van der Waals surface area contributed by atoms with Gasteiger partial charge in [0.25, 0.3) is 17.7 Å². The van der Waals surface area contributed by atoms with Crippen molar-refractivity contribution in [2.24, 2.45) is 21.1 Å². The number of fused-ring (bicyclic) bond motifs is 6. The molecule has 0 aliphatic carbocycles. The molecule has 117 heavy (non-hydrogen) atoms.